The molecule has 0 aromatic heterocycles. The zero-order chi connectivity index (χ0) is 15.3. The van der Waals surface area contributed by atoms with E-state index < -0.39 is 0 Å². The fourth-order valence-corrected chi connectivity index (χ4v) is 2.95. The Kier molecular flexibility index (Phi) is 5.03. The van der Waals surface area contributed by atoms with E-state index in [1.54, 1.807) is 0 Å². The van der Waals surface area contributed by atoms with Crippen LogP contribution in [0, 0.1) is 0 Å². The van der Waals surface area contributed by atoms with Gasteiger partial charge in [-0.25, -0.2) is 0 Å². The van der Waals surface area contributed by atoms with Crippen molar-refractivity contribution in [2.24, 2.45) is 0 Å². The van der Waals surface area contributed by atoms with Gasteiger partial charge in [0.1, 0.15) is 5.75 Å². The third-order valence-corrected chi connectivity index (χ3v) is 4.06. The van der Waals surface area contributed by atoms with Gasteiger partial charge in [0.2, 0.25) is 0 Å². The van der Waals surface area contributed by atoms with Crippen molar-refractivity contribution in [3.05, 3.63) is 65.7 Å². The van der Waals surface area contributed by atoms with E-state index in [-0.39, 0.29) is 11.5 Å². The van der Waals surface area contributed by atoms with Crippen molar-refractivity contribution in [2.75, 3.05) is 13.7 Å². The molecule has 0 aliphatic rings. The van der Waals surface area contributed by atoms with Crippen molar-refractivity contribution in [1.82, 2.24) is 5.32 Å². The van der Waals surface area contributed by atoms with E-state index >= 15 is 0 Å². The van der Waals surface area contributed by atoms with Gasteiger partial charge in [-0.2, -0.15) is 0 Å². The molecule has 0 saturated carbocycles. The van der Waals surface area contributed by atoms with Crippen molar-refractivity contribution in [2.45, 2.75) is 32.2 Å². The maximum atomic E-state index is 5.81. The highest BCUT2D eigenvalue weighted by atomic mass is 16.5. The van der Waals surface area contributed by atoms with Crippen LogP contribution < -0.4 is 10.1 Å². The van der Waals surface area contributed by atoms with Gasteiger partial charge in [-0.15, -0.1) is 0 Å². The minimum atomic E-state index is -0.0385. The standard InChI is InChI=1S/C19H25NO/c1-5-21-17-14-10-9-13-16(17)18(20-4)19(2,3)15-11-7-6-8-12-15/h6-14,18,20H,5H2,1-4H3. The largest absolute Gasteiger partial charge is 0.494 e. The van der Waals surface area contributed by atoms with Crippen LogP contribution in [0.2, 0.25) is 0 Å². The molecule has 0 bridgehead atoms. The Balaban J connectivity index is 2.44. The first-order valence-electron chi connectivity index (χ1n) is 7.55. The minimum absolute atomic E-state index is 0.0385. The highest BCUT2D eigenvalue weighted by molar-refractivity contribution is 5.40. The molecule has 1 unspecified atom stereocenters. The molecular weight excluding hydrogens is 258 g/mol. The lowest BCUT2D eigenvalue weighted by molar-refractivity contribution is 0.313. The fraction of sp³-hybridized carbons (Fsp3) is 0.368. The van der Waals surface area contributed by atoms with Gasteiger partial charge in [-0.3, -0.25) is 0 Å². The Morgan fingerprint density at radius 3 is 2.24 bits per heavy atom. The van der Waals surface area contributed by atoms with Gasteiger partial charge in [-0.05, 0) is 25.6 Å². The monoisotopic (exact) mass is 283 g/mol. The van der Waals surface area contributed by atoms with Gasteiger partial charge >= 0.3 is 0 Å². The number of para-hydroxylation sites is 1. The van der Waals surface area contributed by atoms with E-state index in [0.717, 1.165) is 5.75 Å². The molecule has 1 N–H and O–H groups in total. The van der Waals surface area contributed by atoms with Crippen LogP contribution in [0.25, 0.3) is 0 Å². The number of hydrogen-bond acceptors (Lipinski definition) is 2. The van der Waals surface area contributed by atoms with Crippen molar-refractivity contribution in [1.29, 1.82) is 0 Å². The highest BCUT2D eigenvalue weighted by Crippen LogP contribution is 2.39. The SMILES string of the molecule is CCOc1ccccc1C(NC)C(C)(C)c1ccccc1. The Labute approximate surface area is 128 Å². The van der Waals surface area contributed by atoms with Crippen LogP contribution in [0.1, 0.15) is 37.9 Å². The van der Waals surface area contributed by atoms with Crippen LogP contribution in [0.15, 0.2) is 54.6 Å². The van der Waals surface area contributed by atoms with Gasteiger partial charge in [0, 0.05) is 17.0 Å². The molecule has 2 aromatic rings. The van der Waals surface area contributed by atoms with Crippen LogP contribution in [0.5, 0.6) is 5.75 Å². The molecule has 112 valence electrons. The summed E-state index contributed by atoms with van der Waals surface area (Å²) >= 11 is 0. The molecule has 0 radical (unpaired) electrons. The van der Waals surface area contributed by atoms with Gasteiger partial charge < -0.3 is 10.1 Å². The predicted octanol–water partition coefficient (Wildman–Crippen LogP) is 4.32. The first-order valence-corrected chi connectivity index (χ1v) is 7.55. The molecule has 1 atom stereocenters. The minimum Gasteiger partial charge on any atom is -0.494 e. The van der Waals surface area contributed by atoms with Crippen LogP contribution >= 0.6 is 0 Å². The van der Waals surface area contributed by atoms with Crippen LogP contribution in [0.4, 0.5) is 0 Å². The van der Waals surface area contributed by atoms with Gasteiger partial charge in [0.15, 0.2) is 0 Å². The Morgan fingerprint density at radius 1 is 1.00 bits per heavy atom. The van der Waals surface area contributed by atoms with Crippen LogP contribution in [-0.4, -0.2) is 13.7 Å². The number of hydrogen-bond donors (Lipinski definition) is 1. The third-order valence-electron chi connectivity index (χ3n) is 4.06. The van der Waals surface area contributed by atoms with E-state index in [1.807, 2.05) is 26.1 Å². The average molecular weight is 283 g/mol. The first-order chi connectivity index (χ1) is 10.1. The molecule has 0 fully saturated rings. The molecule has 2 aromatic carbocycles. The number of benzene rings is 2. The molecule has 0 aliphatic carbocycles. The molecular formula is C19H25NO. The van der Waals surface area contributed by atoms with Crippen molar-refractivity contribution in [3.63, 3.8) is 0 Å². The topological polar surface area (TPSA) is 21.3 Å². The molecule has 0 saturated heterocycles. The average Bonchev–Trinajstić information content (AvgIpc) is 2.51. The third kappa shape index (κ3) is 3.27. The number of likely N-dealkylation sites (N-methyl/N-ethyl adjacent to an activating group) is 1. The van der Waals surface area contributed by atoms with Gasteiger partial charge in [-0.1, -0.05) is 62.4 Å². The van der Waals surface area contributed by atoms with Crippen molar-refractivity contribution < 1.29 is 4.74 Å². The normalized spacial score (nSPS) is 13.0. The van der Waals surface area contributed by atoms with Gasteiger partial charge in [0.05, 0.1) is 6.61 Å². The van der Waals surface area contributed by atoms with Crippen molar-refractivity contribution in [3.8, 4) is 5.75 Å². The summed E-state index contributed by atoms with van der Waals surface area (Å²) in [6.45, 7) is 7.24. The Bertz CT molecular complexity index is 563. The van der Waals surface area contributed by atoms with Crippen molar-refractivity contribution >= 4 is 0 Å². The molecule has 0 amide bonds. The first kappa shape index (κ1) is 15.6. The lowest BCUT2D eigenvalue weighted by atomic mass is 9.74. The van der Waals surface area contributed by atoms with E-state index in [4.69, 9.17) is 4.74 Å². The number of rotatable bonds is 6. The Hall–Kier alpha value is -1.80. The van der Waals surface area contributed by atoms with Crippen LogP contribution in [-0.2, 0) is 5.41 Å². The van der Waals surface area contributed by atoms with Gasteiger partial charge in [0.25, 0.3) is 0 Å². The summed E-state index contributed by atoms with van der Waals surface area (Å²) in [6.07, 6.45) is 0. The van der Waals surface area contributed by atoms with E-state index in [2.05, 4.69) is 61.6 Å². The smallest absolute Gasteiger partial charge is 0.124 e. The maximum absolute atomic E-state index is 5.81. The second kappa shape index (κ2) is 6.77. The summed E-state index contributed by atoms with van der Waals surface area (Å²) in [6, 6.07) is 19.1. The summed E-state index contributed by atoms with van der Waals surface area (Å²) in [5.74, 6) is 0.961. The molecule has 2 rings (SSSR count). The lowest BCUT2D eigenvalue weighted by Gasteiger charge is -2.36. The second-order valence-corrected chi connectivity index (χ2v) is 5.78. The maximum Gasteiger partial charge on any atom is 0.124 e. The zero-order valence-electron chi connectivity index (χ0n) is 13.4. The molecule has 0 heterocycles. The van der Waals surface area contributed by atoms with E-state index in [1.165, 1.54) is 11.1 Å². The molecule has 0 aliphatic heterocycles. The lowest BCUT2D eigenvalue weighted by Crippen LogP contribution is -2.35. The Morgan fingerprint density at radius 2 is 1.62 bits per heavy atom. The molecule has 2 nitrogen and oxygen atoms in total. The summed E-state index contributed by atoms with van der Waals surface area (Å²) in [4.78, 5) is 0. The number of ether oxygens (including phenoxy) is 1. The molecule has 2 heteroatoms. The zero-order valence-corrected chi connectivity index (χ0v) is 13.4. The predicted molar refractivity (Wildman–Crippen MR) is 88.9 cm³/mol. The summed E-state index contributed by atoms with van der Waals surface area (Å²) in [5.41, 5.74) is 2.48. The summed E-state index contributed by atoms with van der Waals surface area (Å²) in [7, 11) is 2.01. The summed E-state index contributed by atoms with van der Waals surface area (Å²) in [5, 5.41) is 3.48. The van der Waals surface area contributed by atoms with Crippen LogP contribution in [0.3, 0.4) is 0 Å². The highest BCUT2D eigenvalue weighted by Gasteiger charge is 2.33. The molecule has 0 spiro atoms. The van der Waals surface area contributed by atoms with E-state index in [9.17, 15) is 0 Å². The second-order valence-electron chi connectivity index (χ2n) is 5.78. The summed E-state index contributed by atoms with van der Waals surface area (Å²) < 4.78 is 5.81. The fourth-order valence-electron chi connectivity index (χ4n) is 2.95. The van der Waals surface area contributed by atoms with E-state index in [0.29, 0.717) is 6.61 Å². The molecule has 21 heavy (non-hydrogen) atoms. The quantitative estimate of drug-likeness (QED) is 0.852. The number of nitrogens with one attached hydrogen (secondary N) is 1.